The molecule has 3 aliphatic rings. The molecule has 3 heterocycles. The van der Waals surface area contributed by atoms with Crippen molar-refractivity contribution >= 4 is 0 Å². The minimum absolute atomic E-state index is 0.000282. The van der Waals surface area contributed by atoms with Crippen molar-refractivity contribution in [2.75, 3.05) is 99.1 Å². The number of aliphatic hydroxyl groups is 2. The maximum Gasteiger partial charge on any atom is 0.187 e. The van der Waals surface area contributed by atoms with Gasteiger partial charge in [0, 0.05) is 77.9 Å². The fraction of sp³-hybridized carbons (Fsp3) is 1.00. The maximum absolute atomic E-state index is 12.6. The van der Waals surface area contributed by atoms with Crippen LogP contribution in [0.25, 0.3) is 0 Å². The van der Waals surface area contributed by atoms with Crippen molar-refractivity contribution in [3.05, 3.63) is 0 Å². The summed E-state index contributed by atoms with van der Waals surface area (Å²) >= 11 is 0. The zero-order chi connectivity index (χ0) is 62.7. The van der Waals surface area contributed by atoms with E-state index in [1.807, 2.05) is 0 Å². The van der Waals surface area contributed by atoms with E-state index in [4.69, 9.17) is 80.5 Å². The quantitative estimate of drug-likeness (QED) is 0.0430. The summed E-state index contributed by atoms with van der Waals surface area (Å²) in [6.45, 7) is 32.6. The second-order valence-corrected chi connectivity index (χ2v) is 24.0. The number of rotatable bonds is 55. The van der Waals surface area contributed by atoms with E-state index in [2.05, 4.69) is 83.1 Å². The molecule has 0 radical (unpaired) electrons. The van der Waals surface area contributed by atoms with Crippen molar-refractivity contribution in [2.45, 2.75) is 323 Å². The van der Waals surface area contributed by atoms with E-state index in [1.54, 1.807) is 6.92 Å². The van der Waals surface area contributed by atoms with Gasteiger partial charge in [0.2, 0.25) is 0 Å². The largest absolute Gasteiger partial charge is 0.394 e. The summed E-state index contributed by atoms with van der Waals surface area (Å²) in [6, 6.07) is 0. The van der Waals surface area contributed by atoms with Crippen LogP contribution in [0.4, 0.5) is 0 Å². The van der Waals surface area contributed by atoms with Crippen LogP contribution in [0, 0.1) is 11.8 Å². The molecule has 0 aromatic carbocycles. The summed E-state index contributed by atoms with van der Waals surface area (Å²) in [7, 11) is 0. The van der Waals surface area contributed by atoms with Crippen LogP contribution in [0.2, 0.25) is 0 Å². The lowest BCUT2D eigenvalue weighted by atomic mass is 9.91. The Morgan fingerprint density at radius 3 is 1.17 bits per heavy atom. The van der Waals surface area contributed by atoms with Crippen molar-refractivity contribution in [3.8, 4) is 0 Å². The Kier molecular flexibility index (Phi) is 46.0. The van der Waals surface area contributed by atoms with Crippen LogP contribution in [0.15, 0.2) is 0 Å². The highest BCUT2D eigenvalue weighted by atomic mass is 16.8. The molecular weight excluding hydrogens is 1110 g/mol. The molecule has 3 rings (SSSR count). The van der Waals surface area contributed by atoms with Crippen molar-refractivity contribution in [3.63, 3.8) is 0 Å². The molecule has 3 saturated heterocycles. The number of ether oxygens (including phenoxy) is 17. The number of aliphatic hydroxyl groups excluding tert-OH is 2. The zero-order valence-corrected chi connectivity index (χ0v) is 56.6. The molecule has 19 nitrogen and oxygen atoms in total. The van der Waals surface area contributed by atoms with Crippen molar-refractivity contribution in [1.82, 2.24) is 0 Å². The molecule has 3 fully saturated rings. The van der Waals surface area contributed by atoms with Gasteiger partial charge in [0.1, 0.15) is 61.0 Å². The van der Waals surface area contributed by atoms with Gasteiger partial charge >= 0.3 is 0 Å². The Bertz CT molecular complexity index is 1540. The van der Waals surface area contributed by atoms with Crippen molar-refractivity contribution in [1.29, 1.82) is 0 Å². The monoisotopic (exact) mass is 1240 g/mol. The van der Waals surface area contributed by atoms with Gasteiger partial charge in [-0.2, -0.15) is 0 Å². The molecule has 0 spiro atoms. The third-order valence-electron chi connectivity index (χ3n) is 16.3. The molecule has 0 saturated carbocycles. The first kappa shape index (κ1) is 79.5. The molecule has 86 heavy (non-hydrogen) atoms. The summed E-state index contributed by atoms with van der Waals surface area (Å²) in [5.74, 6) is -0.556. The summed E-state index contributed by atoms with van der Waals surface area (Å²) in [4.78, 5) is 0. The van der Waals surface area contributed by atoms with Gasteiger partial charge in [-0.25, -0.2) is 0 Å². The fourth-order valence-corrected chi connectivity index (χ4v) is 10.6. The van der Waals surface area contributed by atoms with Crippen molar-refractivity contribution < 1.29 is 90.7 Å². The van der Waals surface area contributed by atoms with E-state index in [-0.39, 0.29) is 38.3 Å². The Morgan fingerprint density at radius 1 is 0.372 bits per heavy atom. The van der Waals surface area contributed by atoms with Gasteiger partial charge in [0.15, 0.2) is 25.2 Å². The Hall–Kier alpha value is -0.760. The predicted octanol–water partition coefficient (Wildman–Crippen LogP) is 11.7. The van der Waals surface area contributed by atoms with Crippen LogP contribution in [0.1, 0.15) is 218 Å². The normalized spacial score (nSPS) is 29.5. The molecule has 19 atom stereocenters. The third kappa shape index (κ3) is 29.0. The Balaban J connectivity index is 2.16. The van der Waals surface area contributed by atoms with Crippen LogP contribution < -0.4 is 0 Å². The van der Waals surface area contributed by atoms with Crippen LogP contribution in [-0.4, -0.2) is 214 Å². The first-order valence-electron chi connectivity index (χ1n) is 34.8. The molecule has 0 bridgehead atoms. The van der Waals surface area contributed by atoms with Gasteiger partial charge in [-0.05, 0) is 71.1 Å². The lowest BCUT2D eigenvalue weighted by molar-refractivity contribution is -0.378. The molecule has 0 amide bonds. The van der Waals surface area contributed by atoms with E-state index in [9.17, 15) is 10.2 Å². The Labute approximate surface area is 522 Å². The topological polar surface area (TPSA) is 197 Å². The van der Waals surface area contributed by atoms with Crippen molar-refractivity contribution in [2.24, 2.45) is 11.8 Å². The molecule has 19 heteroatoms. The van der Waals surface area contributed by atoms with E-state index in [1.165, 1.54) is 0 Å². The predicted molar refractivity (Wildman–Crippen MR) is 333 cm³/mol. The number of hydrogen-bond acceptors (Lipinski definition) is 19. The fourth-order valence-electron chi connectivity index (χ4n) is 10.6. The highest BCUT2D eigenvalue weighted by Crippen LogP contribution is 2.38. The van der Waals surface area contributed by atoms with Gasteiger partial charge in [-0.15, -0.1) is 0 Å². The zero-order valence-electron chi connectivity index (χ0n) is 56.6. The molecule has 512 valence electrons. The molecule has 0 aromatic heterocycles. The minimum atomic E-state index is -1.43. The molecule has 2 N–H and O–H groups in total. The summed E-state index contributed by atoms with van der Waals surface area (Å²) in [6.07, 6.45) is 4.83. The van der Waals surface area contributed by atoms with Gasteiger partial charge in [0.05, 0.1) is 51.3 Å². The number of hydrogen-bond donors (Lipinski definition) is 2. The Morgan fingerprint density at radius 2 is 0.721 bits per heavy atom. The highest BCUT2D eigenvalue weighted by Gasteiger charge is 2.54. The van der Waals surface area contributed by atoms with Crippen LogP contribution in [0.5, 0.6) is 0 Å². The van der Waals surface area contributed by atoms with Crippen LogP contribution >= 0.6 is 0 Å². The lowest BCUT2D eigenvalue weighted by Gasteiger charge is -2.50. The van der Waals surface area contributed by atoms with Gasteiger partial charge in [-0.3, -0.25) is 0 Å². The summed E-state index contributed by atoms with van der Waals surface area (Å²) in [5, 5.41) is 23.9. The SMILES string of the molecule is CCCCOCC1O[C@@H](O[C@H]2C(OCCCC)[C@@H](OCCCC)C(COCCCC)O[C@H]2O[C@H](C)[C@H](O)C(CO)O[C@H](COCCCC)O[C@@H]2C(COCCCC)O[C@@H](OCCCC)[C@@H](C)C2OCCCC)[C@@H](C)C(OCCCC)[C@@H]1OCCCC. The minimum Gasteiger partial charge on any atom is -0.394 e. The van der Waals surface area contributed by atoms with Gasteiger partial charge < -0.3 is 90.7 Å². The smallest absolute Gasteiger partial charge is 0.187 e. The van der Waals surface area contributed by atoms with Crippen LogP contribution in [-0.2, 0) is 80.5 Å². The molecule has 0 aromatic rings. The lowest BCUT2D eigenvalue weighted by Crippen LogP contribution is -2.65. The standard InChI is InChI=1S/C67H130O19/c1-14-24-34-70-45-53-60(76-40-30-20-7)58(74-38-28-18-5)50(12)66(83-53)86-64-63(78-42-32-22-9)61(77-41-31-21-8)54(46-71-35-25-15-2)84-67(64)80-51(13)57(69)52(44-68)81-56(48-73-37-27-17-4)85-62-55(47-72-36-26-16-3)82-65(79-43-33-23-10)49(11)59(62)75-39-29-19-6/h49-69H,14-48H2,1-13H3/t49-,50-,51+,52?,53?,54?,55?,56-,57-,58?,59?,60+,61-,62+,63?,64-,65+,66-,67+/m0/s1. The first-order chi connectivity index (χ1) is 42.0. The second kappa shape index (κ2) is 49.8. The molecule has 7 unspecified atom stereocenters. The van der Waals surface area contributed by atoms with E-state index >= 15 is 0 Å². The summed E-state index contributed by atoms with van der Waals surface area (Å²) < 4.78 is 115. The maximum atomic E-state index is 12.6. The molecule has 0 aliphatic carbocycles. The second-order valence-electron chi connectivity index (χ2n) is 24.0. The van der Waals surface area contributed by atoms with Crippen LogP contribution in [0.3, 0.4) is 0 Å². The van der Waals surface area contributed by atoms with Gasteiger partial charge in [-0.1, -0.05) is 147 Å². The first-order valence-corrected chi connectivity index (χ1v) is 34.8. The van der Waals surface area contributed by atoms with Gasteiger partial charge in [0.25, 0.3) is 0 Å². The summed E-state index contributed by atoms with van der Waals surface area (Å²) in [5.41, 5.74) is 0. The highest BCUT2D eigenvalue weighted by molar-refractivity contribution is 4.97. The molecule has 3 aliphatic heterocycles. The van der Waals surface area contributed by atoms with E-state index in [0.717, 1.165) is 128 Å². The third-order valence-corrected chi connectivity index (χ3v) is 16.3. The van der Waals surface area contributed by atoms with E-state index in [0.29, 0.717) is 66.1 Å². The molecular formula is C67H130O19. The average Bonchev–Trinajstić information content (AvgIpc) is 1.28. The van der Waals surface area contributed by atoms with E-state index < -0.39 is 111 Å². The average molecular weight is 1240 g/mol. The number of unbranched alkanes of at least 4 members (excludes halogenated alkanes) is 10.